The summed E-state index contributed by atoms with van der Waals surface area (Å²) in [6.45, 7) is 2.66. The van der Waals surface area contributed by atoms with E-state index in [0.29, 0.717) is 18.0 Å². The first-order valence-corrected chi connectivity index (χ1v) is 7.77. The first-order valence-electron chi connectivity index (χ1n) is 6.79. The molecule has 0 saturated heterocycles. The summed E-state index contributed by atoms with van der Waals surface area (Å²) in [4.78, 5) is 14.8. The highest BCUT2D eigenvalue weighted by Crippen LogP contribution is 2.27. The second-order valence-electron chi connectivity index (χ2n) is 4.70. The fourth-order valence-electron chi connectivity index (χ4n) is 2.31. The van der Waals surface area contributed by atoms with Gasteiger partial charge in [0.05, 0.1) is 5.75 Å². The molecule has 0 aromatic heterocycles. The van der Waals surface area contributed by atoms with Crippen molar-refractivity contribution in [2.75, 3.05) is 18.0 Å². The second-order valence-corrected chi connectivity index (χ2v) is 5.71. The molecule has 0 aliphatic heterocycles. The summed E-state index contributed by atoms with van der Waals surface area (Å²) in [6.07, 6.45) is 5.29. The molecule has 3 nitrogen and oxygen atoms in total. The summed E-state index contributed by atoms with van der Waals surface area (Å²) in [5, 5.41) is 0. The van der Waals surface area contributed by atoms with Crippen molar-refractivity contribution in [3.05, 3.63) is 35.8 Å². The summed E-state index contributed by atoms with van der Waals surface area (Å²) in [5.41, 5.74) is 7.25. The van der Waals surface area contributed by atoms with Gasteiger partial charge in [-0.3, -0.25) is 4.79 Å². The summed E-state index contributed by atoms with van der Waals surface area (Å²) in [7, 11) is 0. The zero-order chi connectivity index (χ0) is 14.5. The molecule has 108 valence electrons. The van der Waals surface area contributed by atoms with E-state index in [1.807, 2.05) is 11.8 Å². The second kappa shape index (κ2) is 6.79. The number of nitrogens with zero attached hydrogens (tertiary/aromatic N) is 1. The third-order valence-electron chi connectivity index (χ3n) is 3.30. The minimum atomic E-state index is -0.357. The van der Waals surface area contributed by atoms with Gasteiger partial charge in [-0.05, 0) is 44.4 Å². The number of hydrogen-bond donors (Lipinski definition) is 1. The van der Waals surface area contributed by atoms with Crippen LogP contribution in [-0.2, 0) is 4.79 Å². The molecule has 1 aliphatic rings. The van der Waals surface area contributed by atoms with E-state index < -0.39 is 0 Å². The van der Waals surface area contributed by atoms with E-state index in [2.05, 4.69) is 6.08 Å². The van der Waals surface area contributed by atoms with Crippen LogP contribution in [0.15, 0.2) is 34.9 Å². The molecular weight excluding hydrogens is 275 g/mol. The van der Waals surface area contributed by atoms with Crippen LogP contribution in [0.4, 0.5) is 10.1 Å². The van der Waals surface area contributed by atoms with E-state index in [4.69, 9.17) is 5.73 Å². The average Bonchev–Trinajstić information content (AvgIpc) is 2.92. The maximum atomic E-state index is 13.0. The van der Waals surface area contributed by atoms with Crippen molar-refractivity contribution in [1.82, 2.24) is 4.90 Å². The van der Waals surface area contributed by atoms with Gasteiger partial charge in [0, 0.05) is 22.8 Å². The maximum absolute atomic E-state index is 13.0. The van der Waals surface area contributed by atoms with Gasteiger partial charge in [-0.1, -0.05) is 6.08 Å². The molecule has 0 radical (unpaired) electrons. The number of carbonyl (C=O) groups is 1. The SMILES string of the molecule is CCN(C(=O)CSc1ccc(F)cc1N)C1=CCCC1. The predicted octanol–water partition coefficient (Wildman–Crippen LogP) is 3.42. The predicted molar refractivity (Wildman–Crippen MR) is 80.9 cm³/mol. The molecule has 1 aromatic carbocycles. The Kier molecular flexibility index (Phi) is 5.06. The molecular formula is C15H19FN2OS. The van der Waals surface area contributed by atoms with Gasteiger partial charge < -0.3 is 10.6 Å². The van der Waals surface area contributed by atoms with Crippen LogP contribution in [0.5, 0.6) is 0 Å². The first-order chi connectivity index (χ1) is 9.61. The highest BCUT2D eigenvalue weighted by Gasteiger charge is 2.18. The average molecular weight is 294 g/mol. The van der Waals surface area contributed by atoms with Crippen LogP contribution in [0.2, 0.25) is 0 Å². The minimum absolute atomic E-state index is 0.0781. The lowest BCUT2D eigenvalue weighted by Gasteiger charge is -2.22. The number of hydrogen-bond acceptors (Lipinski definition) is 3. The number of nitrogens with two attached hydrogens (primary N) is 1. The zero-order valence-electron chi connectivity index (χ0n) is 11.6. The first kappa shape index (κ1) is 14.9. The van der Waals surface area contributed by atoms with Gasteiger partial charge in [-0.25, -0.2) is 4.39 Å². The Balaban J connectivity index is 1.97. The topological polar surface area (TPSA) is 46.3 Å². The molecule has 0 unspecified atom stereocenters. The standard InChI is InChI=1S/C15H19FN2OS/c1-2-18(12-5-3-4-6-12)15(19)10-20-14-8-7-11(16)9-13(14)17/h5,7-9H,2-4,6,10,17H2,1H3. The summed E-state index contributed by atoms with van der Waals surface area (Å²) >= 11 is 1.36. The van der Waals surface area contributed by atoms with Gasteiger partial charge >= 0.3 is 0 Å². The Morgan fingerprint density at radius 1 is 1.50 bits per heavy atom. The molecule has 0 fully saturated rings. The number of nitrogen functional groups attached to an aromatic ring is 1. The summed E-state index contributed by atoms with van der Waals surface area (Å²) < 4.78 is 13.0. The molecule has 0 saturated carbocycles. The molecule has 0 bridgehead atoms. The van der Waals surface area contributed by atoms with Crippen LogP contribution < -0.4 is 5.73 Å². The van der Waals surface area contributed by atoms with E-state index in [0.717, 1.165) is 29.9 Å². The Labute approximate surface area is 123 Å². The minimum Gasteiger partial charge on any atom is -0.398 e. The van der Waals surface area contributed by atoms with Gasteiger partial charge in [0.2, 0.25) is 5.91 Å². The van der Waals surface area contributed by atoms with Gasteiger partial charge in [-0.15, -0.1) is 11.8 Å². The van der Waals surface area contributed by atoms with E-state index in [9.17, 15) is 9.18 Å². The van der Waals surface area contributed by atoms with Gasteiger partial charge in [0.1, 0.15) is 5.82 Å². The van der Waals surface area contributed by atoms with Crippen LogP contribution in [0.3, 0.4) is 0 Å². The Morgan fingerprint density at radius 3 is 2.90 bits per heavy atom. The Hall–Kier alpha value is -1.49. The molecule has 1 amide bonds. The molecule has 0 atom stereocenters. The molecule has 5 heteroatoms. The van der Waals surface area contributed by atoms with Crippen molar-refractivity contribution in [1.29, 1.82) is 0 Å². The van der Waals surface area contributed by atoms with Crippen molar-refractivity contribution >= 4 is 23.4 Å². The molecule has 0 spiro atoms. The fraction of sp³-hybridized carbons (Fsp3) is 0.400. The Morgan fingerprint density at radius 2 is 2.30 bits per heavy atom. The Bertz CT molecular complexity index is 531. The van der Waals surface area contributed by atoms with Crippen molar-refractivity contribution in [3.63, 3.8) is 0 Å². The van der Waals surface area contributed by atoms with E-state index in [-0.39, 0.29) is 11.7 Å². The van der Waals surface area contributed by atoms with Crippen molar-refractivity contribution < 1.29 is 9.18 Å². The van der Waals surface area contributed by atoms with Crippen LogP contribution in [0.25, 0.3) is 0 Å². The largest absolute Gasteiger partial charge is 0.398 e. The highest BCUT2D eigenvalue weighted by molar-refractivity contribution is 8.00. The van der Waals surface area contributed by atoms with E-state index in [1.54, 1.807) is 6.07 Å². The maximum Gasteiger partial charge on any atom is 0.237 e. The molecule has 2 rings (SSSR count). The number of rotatable bonds is 5. The van der Waals surface area contributed by atoms with Crippen LogP contribution in [-0.4, -0.2) is 23.1 Å². The van der Waals surface area contributed by atoms with Gasteiger partial charge in [-0.2, -0.15) is 0 Å². The molecule has 20 heavy (non-hydrogen) atoms. The number of amides is 1. The molecule has 2 N–H and O–H groups in total. The lowest BCUT2D eigenvalue weighted by atomic mass is 10.3. The fourth-order valence-corrected chi connectivity index (χ4v) is 3.13. The third kappa shape index (κ3) is 3.54. The lowest BCUT2D eigenvalue weighted by Crippen LogP contribution is -2.31. The number of benzene rings is 1. The van der Waals surface area contributed by atoms with Crippen LogP contribution in [0, 0.1) is 5.82 Å². The molecule has 1 aliphatic carbocycles. The van der Waals surface area contributed by atoms with Crippen LogP contribution >= 0.6 is 11.8 Å². The number of halogens is 1. The van der Waals surface area contributed by atoms with Crippen molar-refractivity contribution in [3.8, 4) is 0 Å². The number of thioether (sulfide) groups is 1. The lowest BCUT2D eigenvalue weighted by molar-refractivity contribution is -0.126. The van der Waals surface area contributed by atoms with Gasteiger partial charge in [0.25, 0.3) is 0 Å². The summed E-state index contributed by atoms with van der Waals surface area (Å²) in [5.74, 6) is 0.0416. The van der Waals surface area contributed by atoms with Gasteiger partial charge in [0.15, 0.2) is 0 Å². The normalized spacial score (nSPS) is 14.2. The van der Waals surface area contributed by atoms with Crippen molar-refractivity contribution in [2.45, 2.75) is 31.1 Å². The zero-order valence-corrected chi connectivity index (χ0v) is 12.4. The molecule has 1 aromatic rings. The monoisotopic (exact) mass is 294 g/mol. The number of anilines is 1. The number of carbonyl (C=O) groups excluding carboxylic acids is 1. The van der Waals surface area contributed by atoms with E-state index >= 15 is 0 Å². The van der Waals surface area contributed by atoms with Crippen molar-refractivity contribution in [2.24, 2.45) is 0 Å². The van der Waals surface area contributed by atoms with E-state index in [1.165, 1.54) is 23.9 Å². The quantitative estimate of drug-likeness (QED) is 0.668. The highest BCUT2D eigenvalue weighted by atomic mass is 32.2. The smallest absolute Gasteiger partial charge is 0.237 e. The number of allylic oxidation sites excluding steroid dienone is 2. The molecule has 0 heterocycles. The third-order valence-corrected chi connectivity index (χ3v) is 4.38. The van der Waals surface area contributed by atoms with Crippen LogP contribution in [0.1, 0.15) is 26.2 Å². The summed E-state index contributed by atoms with van der Waals surface area (Å²) in [6, 6.07) is 4.26.